The fraction of sp³-hybridized carbons (Fsp3) is 0.765. The van der Waals surface area contributed by atoms with Crippen molar-refractivity contribution in [1.29, 1.82) is 0 Å². The van der Waals surface area contributed by atoms with E-state index in [2.05, 4.69) is 43.2 Å². The molecule has 2 aliphatic rings. The van der Waals surface area contributed by atoms with Crippen molar-refractivity contribution in [2.75, 3.05) is 13.1 Å². The Labute approximate surface area is 138 Å². The maximum absolute atomic E-state index is 13.1. The van der Waals surface area contributed by atoms with Crippen molar-refractivity contribution in [3.63, 3.8) is 0 Å². The summed E-state index contributed by atoms with van der Waals surface area (Å²) in [5.74, 6) is 0.0199. The Morgan fingerprint density at radius 1 is 1.22 bits per heavy atom. The monoisotopic (exact) mass is 320 g/mol. The van der Waals surface area contributed by atoms with Crippen molar-refractivity contribution in [3.05, 3.63) is 17.0 Å². The number of hydrogen-bond donors (Lipinski definition) is 2. The van der Waals surface area contributed by atoms with Gasteiger partial charge in [0.05, 0.1) is 17.9 Å². The van der Waals surface area contributed by atoms with E-state index in [9.17, 15) is 4.79 Å². The molecule has 1 fully saturated rings. The lowest BCUT2D eigenvalue weighted by Crippen LogP contribution is -2.67. The highest BCUT2D eigenvalue weighted by molar-refractivity contribution is 5.94. The van der Waals surface area contributed by atoms with E-state index >= 15 is 0 Å². The minimum absolute atomic E-state index is 0.0199. The van der Waals surface area contributed by atoms with Crippen molar-refractivity contribution in [2.24, 2.45) is 0 Å². The molecule has 3 heterocycles. The molecule has 0 aromatic carbocycles. The fourth-order valence-corrected chi connectivity index (χ4v) is 4.15. The quantitative estimate of drug-likeness (QED) is 0.831. The molecular formula is C17H28N4O2. The highest BCUT2D eigenvalue weighted by Gasteiger charge is 2.40. The van der Waals surface area contributed by atoms with Gasteiger partial charge >= 0.3 is 0 Å². The van der Waals surface area contributed by atoms with Crippen LogP contribution in [0.3, 0.4) is 0 Å². The Balaban J connectivity index is 1.90. The third-order valence-corrected chi connectivity index (χ3v) is 4.57. The molecule has 0 radical (unpaired) electrons. The third kappa shape index (κ3) is 3.15. The molecule has 1 aromatic heterocycles. The second-order valence-electron chi connectivity index (χ2n) is 8.31. The highest BCUT2D eigenvalue weighted by atomic mass is 16.5. The molecule has 0 unspecified atom stereocenters. The lowest BCUT2D eigenvalue weighted by molar-refractivity contribution is -0.00709. The normalized spacial score (nSPS) is 29.2. The average molecular weight is 320 g/mol. The second kappa shape index (κ2) is 5.31. The van der Waals surface area contributed by atoms with Gasteiger partial charge in [0.25, 0.3) is 5.91 Å². The van der Waals surface area contributed by atoms with Gasteiger partial charge in [-0.2, -0.15) is 5.10 Å². The van der Waals surface area contributed by atoms with Crippen molar-refractivity contribution >= 4 is 5.91 Å². The number of carbonyl (C=O) groups is 1. The van der Waals surface area contributed by atoms with Gasteiger partial charge in [0, 0.05) is 36.2 Å². The number of amides is 1. The van der Waals surface area contributed by atoms with Crippen LogP contribution in [-0.4, -0.2) is 51.3 Å². The number of piperazine rings is 1. The molecule has 2 N–H and O–H groups in total. The predicted octanol–water partition coefficient (Wildman–Crippen LogP) is 2.03. The van der Waals surface area contributed by atoms with E-state index < -0.39 is 0 Å². The Morgan fingerprint density at radius 3 is 2.43 bits per heavy atom. The van der Waals surface area contributed by atoms with Crippen molar-refractivity contribution in [2.45, 2.75) is 71.2 Å². The summed E-state index contributed by atoms with van der Waals surface area (Å²) in [5, 5.41) is 11.0. The maximum Gasteiger partial charge on any atom is 0.274 e. The molecule has 2 atom stereocenters. The summed E-state index contributed by atoms with van der Waals surface area (Å²) in [6.07, 6.45) is 0.798. The molecule has 1 amide bonds. The van der Waals surface area contributed by atoms with Crippen molar-refractivity contribution in [3.8, 4) is 0 Å². The number of hydrogen-bond acceptors (Lipinski definition) is 4. The van der Waals surface area contributed by atoms with E-state index in [0.717, 1.165) is 17.7 Å². The number of H-pyrrole nitrogens is 1. The van der Waals surface area contributed by atoms with Crippen LogP contribution >= 0.6 is 0 Å². The van der Waals surface area contributed by atoms with Crippen LogP contribution in [-0.2, 0) is 11.2 Å². The van der Waals surface area contributed by atoms with Crippen LogP contribution in [0.15, 0.2) is 0 Å². The zero-order valence-electron chi connectivity index (χ0n) is 15.0. The molecule has 3 rings (SSSR count). The van der Waals surface area contributed by atoms with Crippen LogP contribution in [0, 0.1) is 0 Å². The van der Waals surface area contributed by atoms with Gasteiger partial charge in [-0.15, -0.1) is 0 Å². The first kappa shape index (κ1) is 16.5. The molecule has 6 heteroatoms. The number of aromatic nitrogens is 2. The number of rotatable bonds is 1. The zero-order valence-corrected chi connectivity index (χ0v) is 15.0. The molecule has 0 bridgehead atoms. The molecule has 0 spiro atoms. The summed E-state index contributed by atoms with van der Waals surface area (Å²) < 4.78 is 5.81. The van der Waals surface area contributed by atoms with Gasteiger partial charge in [-0.3, -0.25) is 9.89 Å². The molecule has 128 valence electrons. The Hall–Kier alpha value is -1.40. The van der Waals surface area contributed by atoms with Crippen molar-refractivity contribution in [1.82, 2.24) is 20.4 Å². The van der Waals surface area contributed by atoms with Crippen LogP contribution in [0.1, 0.15) is 69.4 Å². The van der Waals surface area contributed by atoms with E-state index in [0.29, 0.717) is 18.8 Å². The summed E-state index contributed by atoms with van der Waals surface area (Å²) in [6.45, 7) is 13.9. The van der Waals surface area contributed by atoms with Crippen LogP contribution in [0.25, 0.3) is 0 Å². The summed E-state index contributed by atoms with van der Waals surface area (Å²) in [7, 11) is 0. The topological polar surface area (TPSA) is 70.2 Å². The molecule has 0 aliphatic carbocycles. The fourth-order valence-electron chi connectivity index (χ4n) is 4.15. The SMILES string of the molecule is C[C@@H]1Cc2c(C(=O)N3CC(C)(C)NC(C)(C)C3)n[nH]c2[C@H](C)O1. The summed E-state index contributed by atoms with van der Waals surface area (Å²) in [4.78, 5) is 15.0. The van der Waals surface area contributed by atoms with E-state index in [1.807, 2.05) is 18.7 Å². The van der Waals surface area contributed by atoms with Gasteiger partial charge in [0.1, 0.15) is 0 Å². The predicted molar refractivity (Wildman–Crippen MR) is 88.5 cm³/mol. The van der Waals surface area contributed by atoms with Crippen LogP contribution in [0.5, 0.6) is 0 Å². The van der Waals surface area contributed by atoms with E-state index in [1.165, 1.54) is 0 Å². The molecule has 2 aliphatic heterocycles. The van der Waals surface area contributed by atoms with Gasteiger partial charge < -0.3 is 15.0 Å². The summed E-state index contributed by atoms with van der Waals surface area (Å²) in [5.41, 5.74) is 2.31. The maximum atomic E-state index is 13.1. The first-order valence-corrected chi connectivity index (χ1v) is 8.39. The van der Waals surface area contributed by atoms with Gasteiger partial charge in [0.15, 0.2) is 5.69 Å². The average Bonchev–Trinajstić information content (AvgIpc) is 2.77. The smallest absolute Gasteiger partial charge is 0.274 e. The largest absolute Gasteiger partial charge is 0.369 e. The van der Waals surface area contributed by atoms with Crippen LogP contribution in [0.2, 0.25) is 0 Å². The zero-order chi connectivity index (χ0) is 17.0. The van der Waals surface area contributed by atoms with Crippen LogP contribution in [0.4, 0.5) is 0 Å². The Morgan fingerprint density at radius 2 is 1.83 bits per heavy atom. The van der Waals surface area contributed by atoms with Crippen LogP contribution < -0.4 is 5.32 Å². The summed E-state index contributed by atoms with van der Waals surface area (Å²) in [6, 6.07) is 0. The standard InChI is InChI=1S/C17H28N4O2/c1-10-7-12-13(11(2)23-10)18-19-14(12)15(22)21-8-16(3,4)20-17(5,6)9-21/h10-11,20H,7-9H2,1-6H3,(H,18,19)/t10-,11+/m1/s1. The lowest BCUT2D eigenvalue weighted by Gasteiger charge is -2.48. The molecule has 23 heavy (non-hydrogen) atoms. The van der Waals surface area contributed by atoms with Gasteiger partial charge in [-0.25, -0.2) is 0 Å². The van der Waals surface area contributed by atoms with Gasteiger partial charge in [-0.05, 0) is 41.5 Å². The first-order chi connectivity index (χ1) is 10.6. The minimum Gasteiger partial charge on any atom is -0.369 e. The molecule has 1 aromatic rings. The second-order valence-corrected chi connectivity index (χ2v) is 8.31. The minimum atomic E-state index is -0.114. The molecule has 1 saturated heterocycles. The molecular weight excluding hydrogens is 292 g/mol. The molecule has 0 saturated carbocycles. The first-order valence-electron chi connectivity index (χ1n) is 8.39. The van der Waals surface area contributed by atoms with Gasteiger partial charge in [-0.1, -0.05) is 0 Å². The summed E-state index contributed by atoms with van der Waals surface area (Å²) >= 11 is 0. The Bertz CT molecular complexity index is 604. The number of aromatic amines is 1. The number of ether oxygens (including phenoxy) is 1. The third-order valence-electron chi connectivity index (χ3n) is 4.57. The van der Waals surface area contributed by atoms with Gasteiger partial charge in [0.2, 0.25) is 0 Å². The molecule has 6 nitrogen and oxygen atoms in total. The number of nitrogens with one attached hydrogen (secondary N) is 2. The van der Waals surface area contributed by atoms with E-state index in [1.54, 1.807) is 0 Å². The van der Waals surface area contributed by atoms with E-state index in [4.69, 9.17) is 4.74 Å². The number of fused-ring (bicyclic) bond motifs is 1. The number of nitrogens with zero attached hydrogens (tertiary/aromatic N) is 2. The highest BCUT2D eigenvalue weighted by Crippen LogP contribution is 2.31. The number of carbonyl (C=O) groups excluding carboxylic acids is 1. The van der Waals surface area contributed by atoms with E-state index in [-0.39, 0.29) is 29.2 Å². The Kier molecular flexibility index (Phi) is 3.80. The lowest BCUT2D eigenvalue weighted by atomic mass is 9.91. The van der Waals surface area contributed by atoms with Crippen molar-refractivity contribution < 1.29 is 9.53 Å².